The average Bonchev–Trinajstić information content (AvgIpc) is 3.05. The van der Waals surface area contributed by atoms with Crippen molar-refractivity contribution in [3.8, 4) is 0 Å². The molecule has 1 amide bonds. The molecule has 1 aromatic heterocycles. The summed E-state index contributed by atoms with van der Waals surface area (Å²) in [6.45, 7) is 2.58. The maximum Gasteiger partial charge on any atom is 0.306 e. The lowest BCUT2D eigenvalue weighted by Crippen LogP contribution is -2.32. The zero-order valence-electron chi connectivity index (χ0n) is 10.8. The molecule has 1 aromatic rings. The number of hydrogen-bond donors (Lipinski definition) is 2. The van der Waals surface area contributed by atoms with Crippen molar-refractivity contribution in [3.63, 3.8) is 0 Å². The number of rotatable bonds is 5. The van der Waals surface area contributed by atoms with Crippen LogP contribution in [0.3, 0.4) is 0 Å². The van der Waals surface area contributed by atoms with E-state index in [1.807, 2.05) is 12.3 Å². The summed E-state index contributed by atoms with van der Waals surface area (Å²) in [5.41, 5.74) is 0. The van der Waals surface area contributed by atoms with E-state index in [1.54, 1.807) is 17.5 Å². The molecule has 6 heteroatoms. The third kappa shape index (κ3) is 3.53. The Balaban J connectivity index is 1.78. The van der Waals surface area contributed by atoms with Gasteiger partial charge in [0.25, 0.3) is 0 Å². The smallest absolute Gasteiger partial charge is 0.306 e. The normalized spacial score (nSPS) is 24.1. The number of carboxylic acids is 1. The van der Waals surface area contributed by atoms with E-state index in [0.29, 0.717) is 25.8 Å². The van der Waals surface area contributed by atoms with Crippen LogP contribution < -0.4 is 5.32 Å². The van der Waals surface area contributed by atoms with E-state index in [4.69, 9.17) is 5.11 Å². The molecule has 1 aliphatic rings. The van der Waals surface area contributed by atoms with Crippen molar-refractivity contribution in [3.05, 3.63) is 16.6 Å². The molecule has 19 heavy (non-hydrogen) atoms. The minimum atomic E-state index is -0.786. The summed E-state index contributed by atoms with van der Waals surface area (Å²) in [4.78, 5) is 27.0. The first kappa shape index (κ1) is 14.0. The van der Waals surface area contributed by atoms with Crippen molar-refractivity contribution >= 4 is 23.2 Å². The van der Waals surface area contributed by atoms with E-state index in [0.717, 1.165) is 5.01 Å². The second kappa shape index (κ2) is 6.14. The molecule has 104 valence electrons. The maximum atomic E-state index is 12.0. The van der Waals surface area contributed by atoms with Gasteiger partial charge in [-0.15, -0.1) is 11.3 Å². The number of thiazole rings is 1. The van der Waals surface area contributed by atoms with Gasteiger partial charge in [-0.25, -0.2) is 4.98 Å². The zero-order chi connectivity index (χ0) is 13.8. The first-order valence-electron chi connectivity index (χ1n) is 6.47. The third-order valence-corrected chi connectivity index (χ3v) is 4.62. The summed E-state index contributed by atoms with van der Waals surface area (Å²) in [5.74, 6) is -1.11. The van der Waals surface area contributed by atoms with Crippen molar-refractivity contribution in [2.75, 3.05) is 6.54 Å². The van der Waals surface area contributed by atoms with Crippen LogP contribution in [-0.2, 0) is 9.59 Å². The number of nitrogens with zero attached hydrogens (tertiary/aromatic N) is 1. The van der Waals surface area contributed by atoms with Gasteiger partial charge in [-0.2, -0.15) is 0 Å². The largest absolute Gasteiger partial charge is 0.481 e. The summed E-state index contributed by atoms with van der Waals surface area (Å²) in [6, 6.07) is 0. The molecule has 0 bridgehead atoms. The van der Waals surface area contributed by atoms with Crippen LogP contribution in [0.25, 0.3) is 0 Å². The van der Waals surface area contributed by atoms with Crippen molar-refractivity contribution in [2.24, 2.45) is 11.8 Å². The van der Waals surface area contributed by atoms with Gasteiger partial charge in [-0.05, 0) is 19.3 Å². The lowest BCUT2D eigenvalue weighted by atomic mass is 10.0. The number of carboxylic acid groups (broad SMARTS) is 1. The molecule has 0 saturated heterocycles. The van der Waals surface area contributed by atoms with Crippen molar-refractivity contribution in [1.82, 2.24) is 10.3 Å². The Hall–Kier alpha value is -1.43. The lowest BCUT2D eigenvalue weighted by molar-refractivity contribution is -0.141. The third-order valence-electron chi connectivity index (χ3n) is 3.61. The highest BCUT2D eigenvalue weighted by Gasteiger charge is 2.33. The van der Waals surface area contributed by atoms with E-state index in [-0.39, 0.29) is 23.7 Å². The van der Waals surface area contributed by atoms with E-state index in [1.165, 1.54) is 0 Å². The number of hydrogen-bond acceptors (Lipinski definition) is 4. The van der Waals surface area contributed by atoms with Gasteiger partial charge in [0.2, 0.25) is 5.91 Å². The molecule has 3 atom stereocenters. The number of carbonyl (C=O) groups is 2. The molecule has 2 N–H and O–H groups in total. The number of amides is 1. The van der Waals surface area contributed by atoms with Gasteiger partial charge in [0.15, 0.2) is 0 Å². The second-order valence-corrected chi connectivity index (χ2v) is 5.99. The van der Waals surface area contributed by atoms with Gasteiger partial charge in [-0.1, -0.05) is 6.92 Å². The number of carbonyl (C=O) groups excluding carboxylic acids is 1. The molecule has 5 nitrogen and oxygen atoms in total. The summed E-state index contributed by atoms with van der Waals surface area (Å²) in [7, 11) is 0. The SMILES string of the molecule is CC(CNC(=O)[C@@H]1CC[C@H](C(=O)O)C1)c1nccs1. The molecule has 0 aliphatic heterocycles. The molecule has 2 rings (SSSR count). The molecule has 0 radical (unpaired) electrons. The van der Waals surface area contributed by atoms with Crippen LogP contribution in [0.15, 0.2) is 11.6 Å². The monoisotopic (exact) mass is 282 g/mol. The highest BCUT2D eigenvalue weighted by Crippen LogP contribution is 2.31. The quantitative estimate of drug-likeness (QED) is 0.864. The van der Waals surface area contributed by atoms with Gasteiger partial charge >= 0.3 is 5.97 Å². The topological polar surface area (TPSA) is 79.3 Å². The first-order chi connectivity index (χ1) is 9.08. The predicted molar refractivity (Wildman–Crippen MR) is 72.0 cm³/mol. The van der Waals surface area contributed by atoms with Crippen molar-refractivity contribution in [2.45, 2.75) is 32.1 Å². The molecule has 1 heterocycles. The maximum absolute atomic E-state index is 12.0. The lowest BCUT2D eigenvalue weighted by Gasteiger charge is -2.13. The molecular weight excluding hydrogens is 264 g/mol. The summed E-state index contributed by atoms with van der Waals surface area (Å²) in [5, 5.41) is 14.8. The average molecular weight is 282 g/mol. The Kier molecular flexibility index (Phi) is 4.52. The number of aliphatic carboxylic acids is 1. The first-order valence-corrected chi connectivity index (χ1v) is 7.35. The minimum absolute atomic E-state index is 0.0212. The fourth-order valence-corrected chi connectivity index (χ4v) is 3.11. The van der Waals surface area contributed by atoms with Gasteiger partial charge < -0.3 is 10.4 Å². The Morgan fingerprint density at radius 1 is 1.53 bits per heavy atom. The van der Waals surface area contributed by atoms with Crippen LogP contribution in [0.1, 0.15) is 37.1 Å². The molecule has 1 fully saturated rings. The van der Waals surface area contributed by atoms with Crippen LogP contribution in [0, 0.1) is 11.8 Å². The highest BCUT2D eigenvalue weighted by molar-refractivity contribution is 7.09. The predicted octanol–water partition coefficient (Wildman–Crippen LogP) is 1.86. The Morgan fingerprint density at radius 3 is 2.84 bits per heavy atom. The fourth-order valence-electron chi connectivity index (χ4n) is 2.41. The molecule has 1 unspecified atom stereocenters. The molecule has 1 saturated carbocycles. The van der Waals surface area contributed by atoms with Crippen LogP contribution in [0.2, 0.25) is 0 Å². The molecular formula is C13H18N2O3S. The van der Waals surface area contributed by atoms with E-state index >= 15 is 0 Å². The van der Waals surface area contributed by atoms with Crippen LogP contribution in [-0.4, -0.2) is 28.5 Å². The van der Waals surface area contributed by atoms with Gasteiger partial charge in [0, 0.05) is 30.0 Å². The Bertz CT molecular complexity index is 447. The summed E-state index contributed by atoms with van der Waals surface area (Å²) >= 11 is 1.58. The van der Waals surface area contributed by atoms with E-state index < -0.39 is 5.97 Å². The van der Waals surface area contributed by atoms with Gasteiger partial charge in [-0.3, -0.25) is 9.59 Å². The minimum Gasteiger partial charge on any atom is -0.481 e. The second-order valence-electron chi connectivity index (χ2n) is 5.06. The highest BCUT2D eigenvalue weighted by atomic mass is 32.1. The van der Waals surface area contributed by atoms with E-state index in [2.05, 4.69) is 10.3 Å². The summed E-state index contributed by atoms with van der Waals surface area (Å²) in [6.07, 6.45) is 3.50. The van der Waals surface area contributed by atoms with Crippen molar-refractivity contribution < 1.29 is 14.7 Å². The molecule has 0 spiro atoms. The standard InChI is InChI=1S/C13H18N2O3S/c1-8(12-14-4-5-19-12)7-15-11(16)9-2-3-10(6-9)13(17)18/h4-5,8-10H,2-3,6-7H2,1H3,(H,15,16)(H,17,18)/t8?,9-,10+/m1/s1. The van der Waals surface area contributed by atoms with Crippen LogP contribution >= 0.6 is 11.3 Å². The van der Waals surface area contributed by atoms with E-state index in [9.17, 15) is 9.59 Å². The molecule has 0 aromatic carbocycles. The Labute approximate surface area is 116 Å². The van der Waals surface area contributed by atoms with Crippen molar-refractivity contribution in [1.29, 1.82) is 0 Å². The van der Waals surface area contributed by atoms with Crippen LogP contribution in [0.5, 0.6) is 0 Å². The van der Waals surface area contributed by atoms with Gasteiger partial charge in [0.05, 0.1) is 10.9 Å². The number of nitrogens with one attached hydrogen (secondary N) is 1. The summed E-state index contributed by atoms with van der Waals surface area (Å²) < 4.78 is 0. The Morgan fingerprint density at radius 2 is 2.26 bits per heavy atom. The molecule has 1 aliphatic carbocycles. The number of aromatic nitrogens is 1. The van der Waals surface area contributed by atoms with Gasteiger partial charge in [0.1, 0.15) is 0 Å². The zero-order valence-corrected chi connectivity index (χ0v) is 11.7. The fraction of sp³-hybridized carbons (Fsp3) is 0.615. The van der Waals surface area contributed by atoms with Crippen LogP contribution in [0.4, 0.5) is 0 Å².